The van der Waals surface area contributed by atoms with Gasteiger partial charge in [-0.3, -0.25) is 0 Å². The van der Waals surface area contributed by atoms with Gasteiger partial charge in [0.1, 0.15) is 5.15 Å². The number of nitrogens with zero attached hydrogens (tertiary/aromatic N) is 1. The average Bonchev–Trinajstić information content (AvgIpc) is 2.21. The maximum Gasteiger partial charge on any atom is 0.133 e. The largest absolute Gasteiger partial charge is 0.236 e. The summed E-state index contributed by atoms with van der Waals surface area (Å²) in [7, 11) is 0. The van der Waals surface area contributed by atoms with E-state index < -0.39 is 0 Å². The number of aryl methyl sites for hydroxylation is 2. The maximum absolute atomic E-state index is 6.30. The van der Waals surface area contributed by atoms with Crippen molar-refractivity contribution in [3.8, 4) is 0 Å². The molecule has 0 unspecified atom stereocenters. The highest BCUT2D eigenvalue weighted by atomic mass is 35.5. The van der Waals surface area contributed by atoms with Crippen molar-refractivity contribution in [2.45, 2.75) is 40.0 Å². The van der Waals surface area contributed by atoms with Crippen LogP contribution in [0.25, 0.3) is 10.9 Å². The Labute approximate surface area is 108 Å². The van der Waals surface area contributed by atoms with Crippen molar-refractivity contribution in [1.82, 2.24) is 4.98 Å². The van der Waals surface area contributed by atoms with Crippen molar-refractivity contribution in [3.63, 3.8) is 0 Å². The van der Waals surface area contributed by atoms with Crippen LogP contribution < -0.4 is 0 Å². The SMILES string of the molecule is Cc1ccc(C)c2nc(Cl)c(C(C)(C)C)cc12. The summed E-state index contributed by atoms with van der Waals surface area (Å²) in [4.78, 5) is 4.57. The molecule has 0 bridgehead atoms. The Kier molecular flexibility index (Phi) is 2.90. The van der Waals surface area contributed by atoms with Gasteiger partial charge < -0.3 is 0 Å². The smallest absolute Gasteiger partial charge is 0.133 e. The quantitative estimate of drug-likeness (QED) is 0.610. The van der Waals surface area contributed by atoms with E-state index in [-0.39, 0.29) is 5.41 Å². The molecule has 1 nitrogen and oxygen atoms in total. The molecule has 0 aliphatic carbocycles. The van der Waals surface area contributed by atoms with Crippen LogP contribution in [0.1, 0.15) is 37.5 Å². The fourth-order valence-electron chi connectivity index (χ4n) is 2.04. The van der Waals surface area contributed by atoms with Crippen LogP contribution in [0.3, 0.4) is 0 Å². The Hall–Kier alpha value is -1.08. The lowest BCUT2D eigenvalue weighted by atomic mass is 9.87. The van der Waals surface area contributed by atoms with Gasteiger partial charge in [0.05, 0.1) is 5.52 Å². The van der Waals surface area contributed by atoms with Crippen LogP contribution in [0.4, 0.5) is 0 Å². The predicted molar refractivity (Wildman–Crippen MR) is 74.9 cm³/mol. The molecule has 0 spiro atoms. The highest BCUT2D eigenvalue weighted by Gasteiger charge is 2.19. The predicted octanol–water partition coefficient (Wildman–Crippen LogP) is 4.80. The lowest BCUT2D eigenvalue weighted by Gasteiger charge is -2.21. The monoisotopic (exact) mass is 247 g/mol. The first kappa shape index (κ1) is 12.4. The van der Waals surface area contributed by atoms with Crippen LogP contribution in [-0.4, -0.2) is 4.98 Å². The summed E-state index contributed by atoms with van der Waals surface area (Å²) in [6.45, 7) is 10.7. The van der Waals surface area contributed by atoms with E-state index in [1.807, 2.05) is 0 Å². The van der Waals surface area contributed by atoms with Gasteiger partial charge in [0, 0.05) is 5.39 Å². The van der Waals surface area contributed by atoms with E-state index in [1.54, 1.807) is 0 Å². The molecular formula is C15H18ClN. The summed E-state index contributed by atoms with van der Waals surface area (Å²) >= 11 is 6.30. The summed E-state index contributed by atoms with van der Waals surface area (Å²) in [5, 5.41) is 1.83. The molecule has 2 heteroatoms. The summed E-state index contributed by atoms with van der Waals surface area (Å²) in [6, 6.07) is 6.42. The first-order valence-corrected chi connectivity index (χ1v) is 6.25. The molecule has 0 aliphatic rings. The van der Waals surface area contributed by atoms with Crippen LogP contribution in [-0.2, 0) is 5.41 Å². The molecule has 2 aromatic rings. The number of benzene rings is 1. The van der Waals surface area contributed by atoms with E-state index in [0.29, 0.717) is 5.15 Å². The molecule has 0 aliphatic heterocycles. The first-order valence-electron chi connectivity index (χ1n) is 5.87. The fraction of sp³-hybridized carbons (Fsp3) is 0.400. The van der Waals surface area contributed by atoms with E-state index in [4.69, 9.17) is 11.6 Å². The third-order valence-corrected chi connectivity index (χ3v) is 3.45. The third kappa shape index (κ3) is 2.16. The molecule has 1 heterocycles. The molecule has 1 aromatic carbocycles. The number of hydrogen-bond donors (Lipinski definition) is 0. The lowest BCUT2D eigenvalue weighted by molar-refractivity contribution is 0.589. The third-order valence-electron chi connectivity index (χ3n) is 3.17. The Balaban J connectivity index is 2.85. The molecular weight excluding hydrogens is 230 g/mol. The number of halogens is 1. The fourth-order valence-corrected chi connectivity index (χ4v) is 2.46. The molecule has 1 aromatic heterocycles. The van der Waals surface area contributed by atoms with Crippen molar-refractivity contribution < 1.29 is 0 Å². The summed E-state index contributed by atoms with van der Waals surface area (Å²) in [6.07, 6.45) is 0. The van der Waals surface area contributed by atoms with Gasteiger partial charge in [0.15, 0.2) is 0 Å². The highest BCUT2D eigenvalue weighted by Crippen LogP contribution is 2.32. The van der Waals surface area contributed by atoms with E-state index in [9.17, 15) is 0 Å². The Bertz CT molecular complexity index is 579. The van der Waals surface area contributed by atoms with Crippen molar-refractivity contribution in [1.29, 1.82) is 0 Å². The minimum absolute atomic E-state index is 0.0223. The summed E-state index contributed by atoms with van der Waals surface area (Å²) in [5.74, 6) is 0. The second kappa shape index (κ2) is 3.99. The number of hydrogen-bond acceptors (Lipinski definition) is 1. The molecule has 90 valence electrons. The zero-order valence-electron chi connectivity index (χ0n) is 11.1. The molecule has 0 saturated carbocycles. The first-order chi connectivity index (χ1) is 7.80. The minimum Gasteiger partial charge on any atom is -0.236 e. The van der Waals surface area contributed by atoms with Crippen molar-refractivity contribution >= 4 is 22.5 Å². The van der Waals surface area contributed by atoms with Crippen LogP contribution in [0.2, 0.25) is 5.15 Å². The van der Waals surface area contributed by atoms with Crippen LogP contribution in [0.15, 0.2) is 18.2 Å². The maximum atomic E-state index is 6.30. The van der Waals surface area contributed by atoms with E-state index in [1.165, 1.54) is 16.5 Å². The molecule has 0 amide bonds. The van der Waals surface area contributed by atoms with E-state index in [0.717, 1.165) is 11.1 Å². The van der Waals surface area contributed by atoms with Gasteiger partial charge in [0.25, 0.3) is 0 Å². The summed E-state index contributed by atoms with van der Waals surface area (Å²) in [5.41, 5.74) is 4.57. The van der Waals surface area contributed by atoms with Gasteiger partial charge >= 0.3 is 0 Å². The Morgan fingerprint density at radius 2 is 1.65 bits per heavy atom. The molecule has 0 saturated heterocycles. The minimum atomic E-state index is 0.0223. The van der Waals surface area contributed by atoms with Crippen LogP contribution in [0.5, 0.6) is 0 Å². The summed E-state index contributed by atoms with van der Waals surface area (Å²) < 4.78 is 0. The standard InChI is InChI=1S/C15H18ClN/c1-9-6-7-10(2)13-11(9)8-12(14(16)17-13)15(3,4)5/h6-8H,1-5H3. The van der Waals surface area contributed by atoms with E-state index in [2.05, 4.69) is 57.8 Å². The van der Waals surface area contributed by atoms with Gasteiger partial charge in [-0.15, -0.1) is 0 Å². The molecule has 0 radical (unpaired) electrons. The van der Waals surface area contributed by atoms with E-state index >= 15 is 0 Å². The second-order valence-corrected chi connectivity index (χ2v) is 6.03. The van der Waals surface area contributed by atoms with Gasteiger partial charge in [-0.1, -0.05) is 44.5 Å². The van der Waals surface area contributed by atoms with Crippen molar-refractivity contribution in [2.24, 2.45) is 0 Å². The van der Waals surface area contributed by atoms with Crippen molar-refractivity contribution in [2.75, 3.05) is 0 Å². The number of fused-ring (bicyclic) bond motifs is 1. The topological polar surface area (TPSA) is 12.9 Å². The van der Waals surface area contributed by atoms with Crippen LogP contribution in [0, 0.1) is 13.8 Å². The highest BCUT2D eigenvalue weighted by molar-refractivity contribution is 6.30. The van der Waals surface area contributed by atoms with Crippen LogP contribution >= 0.6 is 11.6 Å². The number of rotatable bonds is 0. The molecule has 0 fully saturated rings. The molecule has 0 N–H and O–H groups in total. The van der Waals surface area contributed by atoms with Gasteiger partial charge in [0.2, 0.25) is 0 Å². The molecule has 0 atom stereocenters. The molecule has 17 heavy (non-hydrogen) atoms. The average molecular weight is 248 g/mol. The van der Waals surface area contributed by atoms with Crippen molar-refractivity contribution in [3.05, 3.63) is 40.0 Å². The lowest BCUT2D eigenvalue weighted by Crippen LogP contribution is -2.12. The normalized spacial score (nSPS) is 12.1. The Morgan fingerprint density at radius 1 is 1.06 bits per heavy atom. The van der Waals surface area contributed by atoms with Gasteiger partial charge in [-0.2, -0.15) is 0 Å². The zero-order valence-corrected chi connectivity index (χ0v) is 11.8. The van der Waals surface area contributed by atoms with Gasteiger partial charge in [-0.25, -0.2) is 4.98 Å². The number of pyridine rings is 1. The zero-order chi connectivity index (χ0) is 12.8. The second-order valence-electron chi connectivity index (χ2n) is 5.67. The molecule has 2 rings (SSSR count). The number of aromatic nitrogens is 1. The Morgan fingerprint density at radius 3 is 2.24 bits per heavy atom. The van der Waals surface area contributed by atoms with Gasteiger partial charge in [-0.05, 0) is 42.0 Å².